The fraction of sp³-hybridized carbons (Fsp3) is 0.333. The van der Waals surface area contributed by atoms with E-state index < -0.39 is 35.0 Å². The molecule has 1 heterocycles. The normalized spacial score (nSPS) is 12.3. The lowest BCUT2D eigenvalue weighted by Crippen LogP contribution is -2.45. The van der Waals surface area contributed by atoms with Gasteiger partial charge in [0.05, 0.1) is 23.7 Å². The molecule has 1 N–H and O–H groups in total. The summed E-state index contributed by atoms with van der Waals surface area (Å²) >= 11 is 0. The van der Waals surface area contributed by atoms with E-state index in [0.717, 1.165) is 4.57 Å². The Kier molecular flexibility index (Phi) is 6.71. The molecule has 9 nitrogen and oxygen atoms in total. The number of benzene rings is 2. The van der Waals surface area contributed by atoms with Gasteiger partial charge in [-0.2, -0.15) is 0 Å². The second-order valence-electron chi connectivity index (χ2n) is 8.59. The number of hydrogen-bond acceptors (Lipinski definition) is 6. The number of ether oxygens (including phenoxy) is 2. The summed E-state index contributed by atoms with van der Waals surface area (Å²) in [6.07, 6.45) is -0.600. The highest BCUT2D eigenvalue weighted by Crippen LogP contribution is 2.13. The summed E-state index contributed by atoms with van der Waals surface area (Å²) in [6.45, 7) is 5.16. The van der Waals surface area contributed by atoms with E-state index in [0.29, 0.717) is 22.2 Å². The number of esters is 1. The van der Waals surface area contributed by atoms with Crippen molar-refractivity contribution in [1.82, 2.24) is 14.5 Å². The van der Waals surface area contributed by atoms with Crippen LogP contribution in [0.5, 0.6) is 0 Å². The fourth-order valence-electron chi connectivity index (χ4n) is 3.44. The summed E-state index contributed by atoms with van der Waals surface area (Å²) in [6, 6.07) is 12.5. The maximum atomic E-state index is 13.0. The van der Waals surface area contributed by atoms with Gasteiger partial charge in [-0.15, -0.1) is 0 Å². The topological polar surface area (TPSA) is 109 Å². The summed E-state index contributed by atoms with van der Waals surface area (Å²) < 4.78 is 12.5. The molecule has 0 spiro atoms. The van der Waals surface area contributed by atoms with Gasteiger partial charge in [0.2, 0.25) is 0 Å². The van der Waals surface area contributed by atoms with Gasteiger partial charge in [-0.3, -0.25) is 9.36 Å². The van der Waals surface area contributed by atoms with Gasteiger partial charge >= 0.3 is 17.8 Å². The number of carbonyl (C=O) groups is 2. The Morgan fingerprint density at radius 3 is 2.27 bits per heavy atom. The number of aryl methyl sites for hydroxylation is 1. The number of fused-ring (bicyclic) bond motifs is 1. The van der Waals surface area contributed by atoms with E-state index in [1.807, 2.05) is 0 Å². The average molecular weight is 453 g/mol. The predicted molar refractivity (Wildman–Crippen MR) is 124 cm³/mol. The fourth-order valence-corrected chi connectivity index (χ4v) is 3.44. The summed E-state index contributed by atoms with van der Waals surface area (Å²) in [5, 5.41) is 2.95. The highest BCUT2D eigenvalue weighted by Gasteiger charge is 2.25. The Bertz CT molecular complexity index is 1300. The Balaban J connectivity index is 1.89. The molecule has 0 unspecified atom stereocenters. The predicted octanol–water partition coefficient (Wildman–Crippen LogP) is 2.30. The molecule has 3 aromatic rings. The molecule has 0 saturated heterocycles. The van der Waals surface area contributed by atoms with E-state index in [-0.39, 0.29) is 6.42 Å². The minimum Gasteiger partial charge on any atom is -0.467 e. The highest BCUT2D eigenvalue weighted by atomic mass is 16.6. The van der Waals surface area contributed by atoms with Gasteiger partial charge in [0.25, 0.3) is 5.56 Å². The van der Waals surface area contributed by atoms with Crippen LogP contribution in [-0.4, -0.2) is 39.9 Å². The minimum atomic E-state index is -0.966. The summed E-state index contributed by atoms with van der Waals surface area (Å²) in [5.74, 6) is -0.621. The first-order valence-electron chi connectivity index (χ1n) is 10.4. The summed E-state index contributed by atoms with van der Waals surface area (Å²) in [5.41, 5.74) is 0.0345. The van der Waals surface area contributed by atoms with Crippen molar-refractivity contribution in [3.63, 3.8) is 0 Å². The lowest BCUT2D eigenvalue weighted by molar-refractivity contribution is -0.143. The molecule has 0 aliphatic rings. The molecule has 1 aromatic heterocycles. The number of alkyl carbamates (subject to hydrolysis) is 1. The van der Waals surface area contributed by atoms with Crippen molar-refractivity contribution >= 4 is 23.0 Å². The van der Waals surface area contributed by atoms with Gasteiger partial charge < -0.3 is 14.8 Å². The first-order chi connectivity index (χ1) is 15.5. The average Bonchev–Trinajstić information content (AvgIpc) is 2.76. The number of amides is 1. The number of hydrogen-bond donors (Lipinski definition) is 1. The largest absolute Gasteiger partial charge is 0.467 e. The van der Waals surface area contributed by atoms with Gasteiger partial charge in [-0.1, -0.05) is 24.3 Å². The number of carbonyl (C=O) groups excluding carboxylic acids is 2. The quantitative estimate of drug-likeness (QED) is 0.594. The molecule has 2 aromatic carbocycles. The van der Waals surface area contributed by atoms with Gasteiger partial charge in [0.15, 0.2) is 0 Å². The molecule has 0 radical (unpaired) electrons. The van der Waals surface area contributed by atoms with E-state index in [9.17, 15) is 19.2 Å². The van der Waals surface area contributed by atoms with Crippen molar-refractivity contribution in [2.45, 2.75) is 38.8 Å². The van der Waals surface area contributed by atoms with Crippen LogP contribution in [0.2, 0.25) is 0 Å². The third-order valence-electron chi connectivity index (χ3n) is 4.99. The van der Waals surface area contributed by atoms with Gasteiger partial charge in [-0.25, -0.2) is 19.0 Å². The molecule has 0 aliphatic carbocycles. The zero-order valence-electron chi connectivity index (χ0n) is 19.2. The van der Waals surface area contributed by atoms with Crippen molar-refractivity contribution in [2.24, 2.45) is 7.05 Å². The van der Waals surface area contributed by atoms with Crippen LogP contribution in [0.3, 0.4) is 0 Å². The zero-order valence-corrected chi connectivity index (χ0v) is 19.2. The lowest BCUT2D eigenvalue weighted by atomic mass is 10.1. The Labute approximate surface area is 190 Å². The molecule has 1 amide bonds. The molecular formula is C24H27N3O6. The highest BCUT2D eigenvalue weighted by molar-refractivity contribution is 5.81. The first kappa shape index (κ1) is 23.8. The van der Waals surface area contributed by atoms with E-state index in [4.69, 9.17) is 9.47 Å². The Morgan fingerprint density at radius 1 is 1.03 bits per heavy atom. The number of rotatable bonds is 5. The van der Waals surface area contributed by atoms with E-state index in [1.54, 1.807) is 76.3 Å². The van der Waals surface area contributed by atoms with E-state index in [1.165, 1.54) is 11.7 Å². The molecule has 0 aliphatic heterocycles. The minimum absolute atomic E-state index is 0.136. The number of para-hydroxylation sites is 1. The molecule has 0 fully saturated rings. The van der Waals surface area contributed by atoms with Crippen molar-refractivity contribution in [2.75, 3.05) is 7.11 Å². The van der Waals surface area contributed by atoms with Crippen LogP contribution >= 0.6 is 0 Å². The molecule has 9 heteroatoms. The second kappa shape index (κ2) is 9.32. The molecule has 1 atom stereocenters. The molecule has 0 saturated carbocycles. The van der Waals surface area contributed by atoms with Crippen LogP contribution < -0.4 is 16.6 Å². The van der Waals surface area contributed by atoms with Crippen LogP contribution in [0, 0.1) is 0 Å². The van der Waals surface area contributed by atoms with E-state index >= 15 is 0 Å². The molecule has 174 valence electrons. The molecule has 3 rings (SSSR count). The van der Waals surface area contributed by atoms with Gasteiger partial charge in [-0.05, 0) is 50.6 Å². The first-order valence-corrected chi connectivity index (χ1v) is 10.4. The number of methoxy groups -OCH3 is 1. The summed E-state index contributed by atoms with van der Waals surface area (Å²) in [7, 11) is 2.84. The van der Waals surface area contributed by atoms with Crippen molar-refractivity contribution < 1.29 is 19.1 Å². The van der Waals surface area contributed by atoms with Crippen LogP contribution in [0.1, 0.15) is 26.3 Å². The maximum absolute atomic E-state index is 13.0. The molecule has 33 heavy (non-hydrogen) atoms. The third kappa shape index (κ3) is 5.31. The lowest BCUT2D eigenvalue weighted by Gasteiger charge is -2.22. The number of aromatic nitrogens is 2. The van der Waals surface area contributed by atoms with Gasteiger partial charge in [0.1, 0.15) is 11.6 Å². The van der Waals surface area contributed by atoms with Crippen LogP contribution in [0.15, 0.2) is 58.1 Å². The van der Waals surface area contributed by atoms with Crippen molar-refractivity contribution in [1.29, 1.82) is 0 Å². The Hall–Kier alpha value is -3.88. The van der Waals surface area contributed by atoms with Crippen molar-refractivity contribution in [3.05, 3.63) is 74.9 Å². The molecule has 0 bridgehead atoms. The standard InChI is InChI=1S/C24H27N3O6/c1-24(2,3)33-22(30)25-18(21(29)32-5)14-15-10-12-16(13-11-15)27-20(28)17-8-6-7-9-19(17)26(4)23(27)31/h6-13,18H,14H2,1-5H3,(H,25,30)/t18-/m0/s1. The van der Waals surface area contributed by atoms with Crippen LogP contribution in [0.4, 0.5) is 4.79 Å². The smallest absolute Gasteiger partial charge is 0.408 e. The SMILES string of the molecule is COC(=O)[C@H](Cc1ccc(-n2c(=O)c3ccccc3n(C)c2=O)cc1)NC(=O)OC(C)(C)C. The number of nitrogens with one attached hydrogen (secondary N) is 1. The maximum Gasteiger partial charge on any atom is 0.408 e. The van der Waals surface area contributed by atoms with E-state index in [2.05, 4.69) is 5.32 Å². The molecular weight excluding hydrogens is 426 g/mol. The monoisotopic (exact) mass is 453 g/mol. The third-order valence-corrected chi connectivity index (χ3v) is 4.99. The van der Waals surface area contributed by atoms with Crippen LogP contribution in [0.25, 0.3) is 16.6 Å². The second-order valence-corrected chi connectivity index (χ2v) is 8.59. The number of nitrogens with zero attached hydrogens (tertiary/aromatic N) is 2. The Morgan fingerprint density at radius 2 is 1.67 bits per heavy atom. The summed E-state index contributed by atoms with van der Waals surface area (Å²) in [4.78, 5) is 50.1. The van der Waals surface area contributed by atoms with Crippen molar-refractivity contribution in [3.8, 4) is 5.69 Å². The zero-order chi connectivity index (χ0) is 24.3. The van der Waals surface area contributed by atoms with Gasteiger partial charge in [0, 0.05) is 13.5 Å². The van der Waals surface area contributed by atoms with Crippen LogP contribution in [-0.2, 0) is 27.7 Å².